The maximum Gasteiger partial charge on any atom is 0.264 e. The van der Waals surface area contributed by atoms with Crippen molar-refractivity contribution in [1.82, 2.24) is 5.32 Å². The maximum absolute atomic E-state index is 11.7. The van der Waals surface area contributed by atoms with Crippen molar-refractivity contribution in [1.29, 1.82) is 0 Å². The Morgan fingerprint density at radius 2 is 1.68 bits per heavy atom. The monoisotopic (exact) mass is 317 g/mol. The second kappa shape index (κ2) is 5.05. The maximum atomic E-state index is 11.7. The first-order valence-electron chi connectivity index (χ1n) is 6.02. The number of rotatable bonds is 3. The number of carbonyl (C=O) groups is 1. The van der Waals surface area contributed by atoms with Crippen molar-refractivity contribution in [3.63, 3.8) is 0 Å². The number of amides is 1. The van der Waals surface area contributed by atoms with E-state index in [1.54, 1.807) is 0 Å². The van der Waals surface area contributed by atoms with Crippen LogP contribution in [0.4, 0.5) is 0 Å². The molecule has 2 aromatic carbocycles. The van der Waals surface area contributed by atoms with Crippen LogP contribution in [0.1, 0.15) is 11.6 Å². The van der Waals surface area contributed by atoms with Crippen LogP contribution in [-0.2, 0) is 4.79 Å². The second-order valence-corrected chi connectivity index (χ2v) is 5.21. The SMILES string of the molecule is O=C1NC(c2ccccc2Br)C1Oc1ccccc1. The average Bonchev–Trinajstić information content (AvgIpc) is 2.44. The minimum Gasteiger partial charge on any atom is -0.478 e. The molecule has 0 spiro atoms. The van der Waals surface area contributed by atoms with Gasteiger partial charge < -0.3 is 10.1 Å². The van der Waals surface area contributed by atoms with Gasteiger partial charge in [0.25, 0.3) is 5.91 Å². The number of hydrogen-bond donors (Lipinski definition) is 1. The summed E-state index contributed by atoms with van der Waals surface area (Å²) >= 11 is 3.50. The first-order chi connectivity index (χ1) is 9.25. The van der Waals surface area contributed by atoms with Crippen LogP contribution in [0.3, 0.4) is 0 Å². The highest BCUT2D eigenvalue weighted by Gasteiger charge is 2.43. The molecule has 1 aliphatic rings. The van der Waals surface area contributed by atoms with Crippen LogP contribution >= 0.6 is 15.9 Å². The summed E-state index contributed by atoms with van der Waals surface area (Å²) < 4.78 is 6.73. The van der Waals surface area contributed by atoms with Gasteiger partial charge in [0.1, 0.15) is 11.8 Å². The van der Waals surface area contributed by atoms with Gasteiger partial charge in [-0.15, -0.1) is 0 Å². The highest BCUT2D eigenvalue weighted by atomic mass is 79.9. The van der Waals surface area contributed by atoms with Crippen molar-refractivity contribution in [2.45, 2.75) is 12.1 Å². The topological polar surface area (TPSA) is 38.3 Å². The first kappa shape index (κ1) is 12.2. The summed E-state index contributed by atoms with van der Waals surface area (Å²) in [4.78, 5) is 11.7. The number of halogens is 1. The van der Waals surface area contributed by atoms with E-state index in [1.165, 1.54) is 0 Å². The molecule has 0 saturated carbocycles. The third kappa shape index (κ3) is 2.36. The van der Waals surface area contributed by atoms with E-state index in [2.05, 4.69) is 21.2 Å². The number of ether oxygens (including phenoxy) is 1. The van der Waals surface area contributed by atoms with Gasteiger partial charge in [0.15, 0.2) is 0 Å². The Labute approximate surface area is 119 Å². The predicted molar refractivity (Wildman–Crippen MR) is 75.9 cm³/mol. The van der Waals surface area contributed by atoms with Crippen molar-refractivity contribution < 1.29 is 9.53 Å². The normalized spacial score (nSPS) is 21.4. The molecule has 1 aliphatic heterocycles. The molecule has 4 heteroatoms. The number of carbonyl (C=O) groups excluding carboxylic acids is 1. The lowest BCUT2D eigenvalue weighted by molar-refractivity contribution is -0.140. The van der Waals surface area contributed by atoms with Crippen LogP contribution in [0.2, 0.25) is 0 Å². The third-order valence-electron chi connectivity index (χ3n) is 3.11. The fraction of sp³-hybridized carbons (Fsp3) is 0.133. The number of benzene rings is 2. The van der Waals surface area contributed by atoms with Gasteiger partial charge >= 0.3 is 0 Å². The lowest BCUT2D eigenvalue weighted by Crippen LogP contribution is -2.58. The van der Waals surface area contributed by atoms with E-state index in [0.29, 0.717) is 5.75 Å². The van der Waals surface area contributed by atoms with Crippen LogP contribution in [0, 0.1) is 0 Å². The molecule has 3 rings (SSSR count). The molecular formula is C15H12BrNO2. The summed E-state index contributed by atoms with van der Waals surface area (Å²) in [5.74, 6) is 0.629. The number of β-lactam (4-membered cyclic amide) rings is 1. The van der Waals surface area contributed by atoms with Gasteiger partial charge in [-0.25, -0.2) is 0 Å². The van der Waals surface area contributed by atoms with Crippen molar-refractivity contribution in [2.75, 3.05) is 0 Å². The van der Waals surface area contributed by atoms with Crippen molar-refractivity contribution in [3.8, 4) is 5.75 Å². The van der Waals surface area contributed by atoms with Gasteiger partial charge in [-0.3, -0.25) is 4.79 Å². The third-order valence-corrected chi connectivity index (χ3v) is 3.83. The fourth-order valence-corrected chi connectivity index (χ4v) is 2.63. The molecule has 1 saturated heterocycles. The molecule has 1 amide bonds. The van der Waals surface area contributed by atoms with Gasteiger partial charge in [0.2, 0.25) is 6.10 Å². The minimum atomic E-state index is -0.471. The summed E-state index contributed by atoms with van der Waals surface area (Å²) in [7, 11) is 0. The van der Waals surface area contributed by atoms with Crippen LogP contribution in [-0.4, -0.2) is 12.0 Å². The Bertz CT molecular complexity index is 600. The summed E-state index contributed by atoms with van der Waals surface area (Å²) in [6.45, 7) is 0. The zero-order valence-corrected chi connectivity index (χ0v) is 11.6. The van der Waals surface area contributed by atoms with E-state index in [4.69, 9.17) is 4.74 Å². The highest BCUT2D eigenvalue weighted by molar-refractivity contribution is 9.10. The molecule has 3 nitrogen and oxygen atoms in total. The van der Waals surface area contributed by atoms with E-state index < -0.39 is 6.10 Å². The number of nitrogens with one attached hydrogen (secondary N) is 1. The van der Waals surface area contributed by atoms with Crippen LogP contribution in [0.15, 0.2) is 59.1 Å². The van der Waals surface area contributed by atoms with Crippen LogP contribution < -0.4 is 10.1 Å². The van der Waals surface area contributed by atoms with Crippen molar-refractivity contribution >= 4 is 21.8 Å². The Hall–Kier alpha value is -1.81. The molecule has 19 heavy (non-hydrogen) atoms. The summed E-state index contributed by atoms with van der Waals surface area (Å²) in [5.41, 5.74) is 1.03. The number of hydrogen-bond acceptors (Lipinski definition) is 2. The van der Waals surface area contributed by atoms with Gasteiger partial charge in [-0.05, 0) is 23.8 Å². The van der Waals surface area contributed by atoms with Crippen LogP contribution in [0.25, 0.3) is 0 Å². The molecule has 0 radical (unpaired) electrons. The zero-order valence-electron chi connectivity index (χ0n) is 10.0. The lowest BCUT2D eigenvalue weighted by Gasteiger charge is -2.37. The number of para-hydroxylation sites is 1. The molecule has 2 unspecified atom stereocenters. The molecule has 0 bridgehead atoms. The highest BCUT2D eigenvalue weighted by Crippen LogP contribution is 2.32. The largest absolute Gasteiger partial charge is 0.478 e. The minimum absolute atomic E-state index is 0.0791. The van der Waals surface area contributed by atoms with Crippen LogP contribution in [0.5, 0.6) is 5.75 Å². The Morgan fingerprint density at radius 3 is 2.37 bits per heavy atom. The van der Waals surface area contributed by atoms with E-state index in [0.717, 1.165) is 10.0 Å². The van der Waals surface area contributed by atoms with Gasteiger partial charge in [-0.1, -0.05) is 52.3 Å². The molecule has 2 aromatic rings. The Kier molecular flexibility index (Phi) is 3.25. The van der Waals surface area contributed by atoms with E-state index in [1.807, 2.05) is 54.6 Å². The molecular weight excluding hydrogens is 306 g/mol. The predicted octanol–water partition coefficient (Wildman–Crippen LogP) is 3.07. The molecule has 0 aliphatic carbocycles. The average molecular weight is 318 g/mol. The molecule has 2 atom stereocenters. The smallest absolute Gasteiger partial charge is 0.264 e. The molecule has 1 fully saturated rings. The Morgan fingerprint density at radius 1 is 1.00 bits per heavy atom. The fourth-order valence-electron chi connectivity index (χ4n) is 2.10. The summed E-state index contributed by atoms with van der Waals surface area (Å²) in [6, 6.07) is 17.1. The van der Waals surface area contributed by atoms with E-state index in [-0.39, 0.29) is 11.9 Å². The lowest BCUT2D eigenvalue weighted by atomic mass is 9.94. The molecule has 0 aromatic heterocycles. The van der Waals surface area contributed by atoms with Gasteiger partial charge in [-0.2, -0.15) is 0 Å². The Balaban J connectivity index is 1.81. The standard InChI is InChI=1S/C15H12BrNO2/c16-12-9-5-4-8-11(12)13-14(15(18)17-13)19-10-6-2-1-3-7-10/h1-9,13-14H,(H,17,18). The summed E-state index contributed by atoms with van der Waals surface area (Å²) in [6.07, 6.45) is -0.471. The quantitative estimate of drug-likeness (QED) is 0.883. The van der Waals surface area contributed by atoms with Crippen molar-refractivity contribution in [3.05, 3.63) is 64.6 Å². The van der Waals surface area contributed by atoms with Gasteiger partial charge in [0, 0.05) is 4.47 Å². The van der Waals surface area contributed by atoms with Crippen molar-refractivity contribution in [2.24, 2.45) is 0 Å². The summed E-state index contributed by atoms with van der Waals surface area (Å²) in [5, 5.41) is 2.88. The molecule has 1 heterocycles. The van der Waals surface area contributed by atoms with Gasteiger partial charge in [0.05, 0.1) is 0 Å². The molecule has 96 valence electrons. The second-order valence-electron chi connectivity index (χ2n) is 4.36. The molecule has 1 N–H and O–H groups in total. The van der Waals surface area contributed by atoms with E-state index >= 15 is 0 Å². The zero-order chi connectivity index (χ0) is 13.2. The van der Waals surface area contributed by atoms with E-state index in [9.17, 15) is 4.79 Å². The first-order valence-corrected chi connectivity index (χ1v) is 6.81.